The van der Waals surface area contributed by atoms with Crippen LogP contribution in [0.3, 0.4) is 0 Å². The van der Waals surface area contributed by atoms with Crippen LogP contribution in [0.5, 0.6) is 11.5 Å². The summed E-state index contributed by atoms with van der Waals surface area (Å²) >= 11 is 0. The zero-order chi connectivity index (χ0) is 20.4. The number of carbonyl (C=O) groups excluding carboxylic acids is 2. The number of amides is 1. The molecule has 1 N–H and O–H groups in total. The van der Waals surface area contributed by atoms with Crippen LogP contribution < -0.4 is 19.7 Å². The van der Waals surface area contributed by atoms with Crippen molar-refractivity contribution in [2.45, 2.75) is 13.5 Å². The molecule has 0 spiro atoms. The highest BCUT2D eigenvalue weighted by molar-refractivity contribution is 5.80. The minimum Gasteiger partial charge on any atom is -0.490 e. The van der Waals surface area contributed by atoms with Crippen molar-refractivity contribution < 1.29 is 23.8 Å². The topological polar surface area (TPSA) is 77.1 Å². The van der Waals surface area contributed by atoms with E-state index in [2.05, 4.69) is 5.32 Å². The number of hydrogen-bond acceptors (Lipinski definition) is 6. The Morgan fingerprint density at radius 2 is 1.57 bits per heavy atom. The zero-order valence-corrected chi connectivity index (χ0v) is 16.4. The maximum atomic E-state index is 11.9. The number of benzene rings is 2. The predicted molar refractivity (Wildman–Crippen MR) is 107 cm³/mol. The largest absolute Gasteiger partial charge is 0.490 e. The van der Waals surface area contributed by atoms with E-state index in [1.54, 1.807) is 18.2 Å². The average molecular weight is 386 g/mol. The lowest BCUT2D eigenvalue weighted by atomic mass is 10.2. The van der Waals surface area contributed by atoms with E-state index in [4.69, 9.17) is 14.2 Å². The molecule has 0 aliphatic heterocycles. The standard InChI is InChI=1S/C21H26N2O5/c1-4-26-18-7-5-6-8-19(18)27-15-21(25)28-14-20(24)22-13-16-9-11-17(12-10-16)23(2)3/h5-12H,4,13-15H2,1-3H3,(H,22,24). The molecule has 0 radical (unpaired) electrons. The van der Waals surface area contributed by atoms with E-state index in [0.717, 1.165) is 11.3 Å². The summed E-state index contributed by atoms with van der Waals surface area (Å²) in [4.78, 5) is 25.6. The molecule has 28 heavy (non-hydrogen) atoms. The lowest BCUT2D eigenvalue weighted by Crippen LogP contribution is -2.29. The van der Waals surface area contributed by atoms with Gasteiger partial charge in [-0.15, -0.1) is 0 Å². The summed E-state index contributed by atoms with van der Waals surface area (Å²) in [6.45, 7) is 2.06. The van der Waals surface area contributed by atoms with Crippen LogP contribution in [0.1, 0.15) is 12.5 Å². The van der Waals surface area contributed by atoms with Gasteiger partial charge in [0.25, 0.3) is 5.91 Å². The average Bonchev–Trinajstić information content (AvgIpc) is 2.70. The van der Waals surface area contributed by atoms with E-state index in [1.165, 1.54) is 0 Å². The summed E-state index contributed by atoms with van der Waals surface area (Å²) in [5.74, 6) is -0.000657. The second-order valence-corrected chi connectivity index (χ2v) is 6.17. The van der Waals surface area contributed by atoms with Gasteiger partial charge < -0.3 is 24.4 Å². The van der Waals surface area contributed by atoms with E-state index in [-0.39, 0.29) is 19.1 Å². The van der Waals surface area contributed by atoms with Gasteiger partial charge in [-0.2, -0.15) is 0 Å². The molecular formula is C21H26N2O5. The molecule has 2 aromatic rings. The minimum absolute atomic E-state index is 0.302. The number of hydrogen-bond donors (Lipinski definition) is 1. The van der Waals surface area contributed by atoms with Gasteiger partial charge in [0.1, 0.15) is 0 Å². The highest BCUT2D eigenvalue weighted by Gasteiger charge is 2.10. The van der Waals surface area contributed by atoms with Gasteiger partial charge in [0.2, 0.25) is 0 Å². The molecule has 0 bridgehead atoms. The molecule has 0 heterocycles. The fourth-order valence-electron chi connectivity index (χ4n) is 2.33. The first-order valence-corrected chi connectivity index (χ1v) is 9.02. The summed E-state index contributed by atoms with van der Waals surface area (Å²) < 4.78 is 15.8. The third-order valence-corrected chi connectivity index (χ3v) is 3.80. The monoisotopic (exact) mass is 386 g/mol. The number of nitrogens with zero attached hydrogens (tertiary/aromatic N) is 1. The lowest BCUT2D eigenvalue weighted by Gasteiger charge is -2.13. The van der Waals surface area contributed by atoms with Crippen molar-refractivity contribution >= 4 is 17.6 Å². The van der Waals surface area contributed by atoms with Crippen LogP contribution in [0, 0.1) is 0 Å². The third-order valence-electron chi connectivity index (χ3n) is 3.80. The highest BCUT2D eigenvalue weighted by atomic mass is 16.6. The van der Waals surface area contributed by atoms with Crippen LogP contribution in [0.4, 0.5) is 5.69 Å². The SMILES string of the molecule is CCOc1ccccc1OCC(=O)OCC(=O)NCc1ccc(N(C)C)cc1. The van der Waals surface area contributed by atoms with Crippen LogP contribution >= 0.6 is 0 Å². The summed E-state index contributed by atoms with van der Waals surface area (Å²) in [6.07, 6.45) is 0. The van der Waals surface area contributed by atoms with Gasteiger partial charge in [0.15, 0.2) is 24.7 Å². The Labute approximate surface area is 165 Å². The zero-order valence-electron chi connectivity index (χ0n) is 16.4. The number of esters is 1. The van der Waals surface area contributed by atoms with Gasteiger partial charge in [-0.3, -0.25) is 4.79 Å². The van der Waals surface area contributed by atoms with Crippen molar-refractivity contribution in [3.05, 3.63) is 54.1 Å². The highest BCUT2D eigenvalue weighted by Crippen LogP contribution is 2.26. The molecule has 0 aliphatic rings. The van der Waals surface area contributed by atoms with E-state index in [1.807, 2.05) is 56.3 Å². The molecule has 0 saturated heterocycles. The first kappa shape index (κ1) is 21.1. The van der Waals surface area contributed by atoms with Crippen molar-refractivity contribution in [2.75, 3.05) is 38.8 Å². The predicted octanol–water partition coefficient (Wildman–Crippen LogP) is 2.39. The maximum absolute atomic E-state index is 11.9. The minimum atomic E-state index is -0.628. The third kappa shape index (κ3) is 6.83. The Hall–Kier alpha value is -3.22. The molecule has 2 rings (SSSR count). The summed E-state index contributed by atoms with van der Waals surface area (Å²) in [5, 5.41) is 2.71. The fraction of sp³-hybridized carbons (Fsp3) is 0.333. The Balaban J connectivity index is 1.70. The number of nitrogens with one attached hydrogen (secondary N) is 1. The van der Waals surface area contributed by atoms with Crippen molar-refractivity contribution in [1.82, 2.24) is 5.32 Å². The van der Waals surface area contributed by atoms with Crippen LogP contribution in [0.15, 0.2) is 48.5 Å². The normalized spacial score (nSPS) is 10.1. The van der Waals surface area contributed by atoms with Gasteiger partial charge in [0, 0.05) is 26.3 Å². The maximum Gasteiger partial charge on any atom is 0.344 e. The number of ether oxygens (including phenoxy) is 3. The Bertz CT molecular complexity index is 775. The van der Waals surface area contributed by atoms with Gasteiger partial charge in [-0.25, -0.2) is 4.79 Å². The van der Waals surface area contributed by atoms with Gasteiger partial charge in [0.05, 0.1) is 6.61 Å². The number of rotatable bonds is 10. The molecule has 7 nitrogen and oxygen atoms in total. The van der Waals surface area contributed by atoms with Crippen LogP contribution in [-0.2, 0) is 20.9 Å². The van der Waals surface area contributed by atoms with Gasteiger partial charge in [-0.1, -0.05) is 24.3 Å². The van der Waals surface area contributed by atoms with E-state index >= 15 is 0 Å². The first-order chi connectivity index (χ1) is 13.5. The lowest BCUT2D eigenvalue weighted by molar-refractivity contribution is -0.150. The Morgan fingerprint density at radius 1 is 0.929 bits per heavy atom. The van der Waals surface area contributed by atoms with Gasteiger partial charge >= 0.3 is 5.97 Å². The molecule has 0 saturated carbocycles. The fourth-order valence-corrected chi connectivity index (χ4v) is 2.33. The molecule has 0 aliphatic carbocycles. The second-order valence-electron chi connectivity index (χ2n) is 6.17. The van der Waals surface area contributed by atoms with Crippen LogP contribution in [-0.4, -0.2) is 45.8 Å². The second kappa shape index (κ2) is 10.8. The smallest absolute Gasteiger partial charge is 0.344 e. The quantitative estimate of drug-likeness (QED) is 0.632. The van der Waals surface area contributed by atoms with Crippen LogP contribution in [0.25, 0.3) is 0 Å². The molecule has 1 amide bonds. The van der Waals surface area contributed by atoms with E-state index < -0.39 is 5.97 Å². The van der Waals surface area contributed by atoms with Crippen molar-refractivity contribution in [1.29, 1.82) is 0 Å². The molecule has 7 heteroatoms. The molecule has 0 unspecified atom stereocenters. The number of carbonyl (C=O) groups is 2. The molecule has 150 valence electrons. The van der Waals surface area contributed by atoms with E-state index in [0.29, 0.717) is 24.7 Å². The van der Waals surface area contributed by atoms with Crippen molar-refractivity contribution in [2.24, 2.45) is 0 Å². The van der Waals surface area contributed by atoms with E-state index in [9.17, 15) is 9.59 Å². The molecule has 0 atom stereocenters. The summed E-state index contributed by atoms with van der Waals surface area (Å²) in [6, 6.07) is 14.9. The van der Waals surface area contributed by atoms with Crippen LogP contribution in [0.2, 0.25) is 0 Å². The first-order valence-electron chi connectivity index (χ1n) is 9.02. The van der Waals surface area contributed by atoms with Gasteiger partial charge in [-0.05, 0) is 36.8 Å². The molecule has 0 aromatic heterocycles. The number of para-hydroxylation sites is 2. The molecule has 2 aromatic carbocycles. The summed E-state index contributed by atoms with van der Waals surface area (Å²) in [5.41, 5.74) is 2.04. The molecular weight excluding hydrogens is 360 g/mol. The Morgan fingerprint density at radius 3 is 2.18 bits per heavy atom. The van der Waals surface area contributed by atoms with Crippen molar-refractivity contribution in [3.8, 4) is 11.5 Å². The number of anilines is 1. The Kier molecular flexibility index (Phi) is 8.14. The van der Waals surface area contributed by atoms with Crippen molar-refractivity contribution in [3.63, 3.8) is 0 Å². The summed E-state index contributed by atoms with van der Waals surface area (Å²) in [7, 11) is 3.93. The molecule has 0 fully saturated rings.